The first kappa shape index (κ1) is 20.8. The van der Waals surface area contributed by atoms with Crippen LogP contribution >= 0.6 is 0 Å². The van der Waals surface area contributed by atoms with E-state index in [1.54, 1.807) is 6.07 Å². The Labute approximate surface area is 176 Å². The number of nitrogens with zero attached hydrogens (tertiary/aromatic N) is 4. The van der Waals surface area contributed by atoms with E-state index >= 15 is 0 Å². The molecule has 3 heterocycles. The van der Waals surface area contributed by atoms with Gasteiger partial charge in [-0.1, -0.05) is 0 Å². The molecule has 0 amide bonds. The highest BCUT2D eigenvalue weighted by Gasteiger charge is 2.41. The lowest BCUT2D eigenvalue weighted by Crippen LogP contribution is -2.65. The topological polar surface area (TPSA) is 68.3 Å². The van der Waals surface area contributed by atoms with E-state index in [1.807, 2.05) is 13.0 Å². The van der Waals surface area contributed by atoms with Crippen molar-refractivity contribution in [2.75, 3.05) is 20.1 Å². The summed E-state index contributed by atoms with van der Waals surface area (Å²) in [4.78, 5) is 9.52. The maximum Gasteiger partial charge on any atom is 0.156 e. The van der Waals surface area contributed by atoms with Crippen molar-refractivity contribution in [2.24, 2.45) is 0 Å². The van der Waals surface area contributed by atoms with Crippen LogP contribution in [0.15, 0.2) is 24.3 Å². The molecule has 0 saturated carbocycles. The minimum Gasteiger partial charge on any atom is -0.508 e. The van der Waals surface area contributed by atoms with Crippen molar-refractivity contribution in [1.82, 2.24) is 25.0 Å². The fourth-order valence-corrected chi connectivity index (χ4v) is 4.42. The van der Waals surface area contributed by atoms with E-state index in [9.17, 15) is 9.50 Å². The molecule has 1 fully saturated rings. The van der Waals surface area contributed by atoms with Gasteiger partial charge in [-0.3, -0.25) is 14.9 Å². The predicted octanol–water partition coefficient (Wildman–Crippen LogP) is 4.08. The van der Waals surface area contributed by atoms with Crippen LogP contribution in [0.3, 0.4) is 0 Å². The van der Waals surface area contributed by atoms with Gasteiger partial charge in [0.1, 0.15) is 11.6 Å². The average Bonchev–Trinajstić information content (AvgIpc) is 3.00. The molecule has 3 aromatic rings. The first-order chi connectivity index (χ1) is 14.0. The summed E-state index contributed by atoms with van der Waals surface area (Å²) < 4.78 is 14.6. The number of likely N-dealkylation sites (N-methyl/N-ethyl adjacent to an activating group) is 1. The monoisotopic (exact) mass is 411 g/mol. The number of hydrogen-bond donors (Lipinski definition) is 2. The quantitative estimate of drug-likeness (QED) is 0.680. The second kappa shape index (κ2) is 7.03. The Bertz CT molecular complexity index is 1100. The third-order valence-corrected chi connectivity index (χ3v) is 6.47. The number of aryl methyl sites for hydroxylation is 1. The lowest BCUT2D eigenvalue weighted by Gasteiger charge is -2.54. The summed E-state index contributed by atoms with van der Waals surface area (Å²) in [5, 5.41) is 17.9. The molecule has 0 unspecified atom stereocenters. The van der Waals surface area contributed by atoms with Crippen LogP contribution in [0, 0.1) is 12.7 Å². The third-order valence-electron chi connectivity index (χ3n) is 6.47. The maximum atomic E-state index is 14.6. The highest BCUT2D eigenvalue weighted by atomic mass is 19.1. The number of fused-ring (bicyclic) bond motifs is 1. The number of aromatic hydroxyl groups is 1. The molecule has 0 atom stereocenters. The Kier molecular flexibility index (Phi) is 4.86. The molecule has 30 heavy (non-hydrogen) atoms. The normalized spacial score (nSPS) is 19.4. The molecular formula is C23H30FN5O. The number of hydrogen-bond acceptors (Lipinski definition) is 5. The van der Waals surface area contributed by atoms with E-state index in [-0.39, 0.29) is 16.8 Å². The van der Waals surface area contributed by atoms with Crippen molar-refractivity contribution in [2.45, 2.75) is 52.2 Å². The number of phenols is 1. The molecule has 2 N–H and O–H groups in total. The van der Waals surface area contributed by atoms with Gasteiger partial charge in [-0.25, -0.2) is 9.37 Å². The lowest BCUT2D eigenvalue weighted by molar-refractivity contribution is -0.0467. The molecule has 0 radical (unpaired) electrons. The fraction of sp³-hybridized carbons (Fsp3) is 0.478. The summed E-state index contributed by atoms with van der Waals surface area (Å²) in [6, 6.07) is 6.12. The molecule has 2 aromatic heterocycles. The number of halogens is 1. The zero-order chi connectivity index (χ0) is 21.8. The third kappa shape index (κ3) is 3.56. The maximum absolute atomic E-state index is 14.6. The summed E-state index contributed by atoms with van der Waals surface area (Å²) >= 11 is 0. The molecule has 1 aliphatic rings. The van der Waals surface area contributed by atoms with Crippen molar-refractivity contribution in [1.29, 1.82) is 0 Å². The van der Waals surface area contributed by atoms with Crippen LogP contribution < -0.4 is 0 Å². The molecule has 6 nitrogen and oxygen atoms in total. The van der Waals surface area contributed by atoms with Crippen molar-refractivity contribution in [3.8, 4) is 17.0 Å². The number of H-pyrrole nitrogens is 1. The summed E-state index contributed by atoms with van der Waals surface area (Å²) in [7, 11) is 2.18. The second-order valence-corrected chi connectivity index (χ2v) is 9.70. The van der Waals surface area contributed by atoms with Crippen LogP contribution in [0.25, 0.3) is 22.3 Å². The molecule has 4 rings (SSSR count). The highest BCUT2D eigenvalue weighted by Crippen LogP contribution is 2.34. The average molecular weight is 412 g/mol. The number of aromatic nitrogens is 3. The van der Waals surface area contributed by atoms with Gasteiger partial charge in [0.25, 0.3) is 0 Å². The van der Waals surface area contributed by atoms with Crippen molar-refractivity contribution < 1.29 is 9.50 Å². The predicted molar refractivity (Wildman–Crippen MR) is 117 cm³/mol. The van der Waals surface area contributed by atoms with Crippen LogP contribution in [0.2, 0.25) is 0 Å². The van der Waals surface area contributed by atoms with E-state index in [2.05, 4.69) is 59.7 Å². The van der Waals surface area contributed by atoms with Gasteiger partial charge in [0.05, 0.1) is 11.4 Å². The minimum atomic E-state index is -0.495. The zero-order valence-corrected chi connectivity index (χ0v) is 18.5. The van der Waals surface area contributed by atoms with Crippen molar-refractivity contribution in [3.63, 3.8) is 0 Å². The van der Waals surface area contributed by atoms with Crippen molar-refractivity contribution in [3.05, 3.63) is 41.3 Å². The summed E-state index contributed by atoms with van der Waals surface area (Å²) in [6.07, 6.45) is 0. The largest absolute Gasteiger partial charge is 0.508 e. The Morgan fingerprint density at radius 1 is 1.13 bits per heavy atom. The van der Waals surface area contributed by atoms with Crippen LogP contribution in [-0.2, 0) is 6.54 Å². The summed E-state index contributed by atoms with van der Waals surface area (Å²) in [5.41, 5.74) is 3.55. The number of pyridine rings is 1. The molecule has 7 heteroatoms. The molecular weight excluding hydrogens is 381 g/mol. The molecule has 1 aliphatic heterocycles. The van der Waals surface area contributed by atoms with Gasteiger partial charge in [-0.05, 0) is 65.4 Å². The molecule has 1 aromatic carbocycles. The molecule has 0 bridgehead atoms. The van der Waals surface area contributed by atoms with E-state index < -0.39 is 5.82 Å². The number of aromatic amines is 1. The van der Waals surface area contributed by atoms with Crippen LogP contribution in [0.1, 0.15) is 39.0 Å². The van der Waals surface area contributed by atoms with Crippen LogP contribution in [0.4, 0.5) is 4.39 Å². The number of piperazine rings is 1. The van der Waals surface area contributed by atoms with E-state index in [0.29, 0.717) is 16.9 Å². The molecule has 1 saturated heterocycles. The second-order valence-electron chi connectivity index (χ2n) is 9.70. The van der Waals surface area contributed by atoms with Gasteiger partial charge in [0, 0.05) is 47.7 Å². The minimum absolute atomic E-state index is 0.0124. The lowest BCUT2D eigenvalue weighted by atomic mass is 9.89. The fourth-order valence-electron chi connectivity index (χ4n) is 4.42. The SMILES string of the molecule is Cc1n[nH]c2nc(-c3ccc(O)cc3F)cc(CN3CC(C)(C)N(C)CC3(C)C)c12. The first-order valence-corrected chi connectivity index (χ1v) is 10.3. The van der Waals surface area contributed by atoms with E-state index in [0.717, 1.165) is 42.3 Å². The van der Waals surface area contributed by atoms with Crippen LogP contribution in [0.5, 0.6) is 5.75 Å². The van der Waals surface area contributed by atoms with E-state index in [1.165, 1.54) is 6.07 Å². The van der Waals surface area contributed by atoms with Gasteiger partial charge >= 0.3 is 0 Å². The molecule has 160 valence electrons. The van der Waals surface area contributed by atoms with Crippen molar-refractivity contribution >= 4 is 11.0 Å². The number of rotatable bonds is 3. The van der Waals surface area contributed by atoms with Gasteiger partial charge in [0.2, 0.25) is 0 Å². The Morgan fingerprint density at radius 3 is 2.57 bits per heavy atom. The van der Waals surface area contributed by atoms with Gasteiger partial charge in [-0.15, -0.1) is 0 Å². The van der Waals surface area contributed by atoms with Crippen LogP contribution in [-0.4, -0.2) is 61.3 Å². The standard InChI is InChI=1S/C23H30FN5O/c1-14-20-15(11-29-13-22(2,3)28(6)12-23(29,4)5)9-19(25-21(20)27-26-14)17-8-7-16(30)10-18(17)24/h7-10,30H,11-13H2,1-6H3,(H,25,26,27). The molecule has 0 aliphatic carbocycles. The van der Waals surface area contributed by atoms with E-state index in [4.69, 9.17) is 0 Å². The number of benzene rings is 1. The Morgan fingerprint density at radius 2 is 1.87 bits per heavy atom. The Hall–Kier alpha value is -2.51. The zero-order valence-electron chi connectivity index (χ0n) is 18.5. The van der Waals surface area contributed by atoms with Gasteiger partial charge < -0.3 is 5.11 Å². The summed E-state index contributed by atoms with van der Waals surface area (Å²) in [5.74, 6) is -0.596. The van der Waals surface area contributed by atoms with Gasteiger partial charge in [0.15, 0.2) is 5.65 Å². The van der Waals surface area contributed by atoms with Gasteiger partial charge in [-0.2, -0.15) is 5.10 Å². The summed E-state index contributed by atoms with van der Waals surface area (Å²) in [6.45, 7) is 13.6. The smallest absolute Gasteiger partial charge is 0.156 e. The Balaban J connectivity index is 1.81. The first-order valence-electron chi connectivity index (χ1n) is 10.3. The number of nitrogens with one attached hydrogen (secondary N) is 1. The number of phenolic OH excluding ortho intramolecular Hbond substituents is 1. The highest BCUT2D eigenvalue weighted by molar-refractivity contribution is 5.84. The molecule has 0 spiro atoms.